The largest absolute Gasteiger partial charge is 0.372 e. The van der Waals surface area contributed by atoms with Crippen LogP contribution in [0.25, 0.3) is 0 Å². The number of amides is 1. The van der Waals surface area contributed by atoms with Crippen molar-refractivity contribution in [3.63, 3.8) is 0 Å². The average Bonchev–Trinajstić information content (AvgIpc) is 2.54. The molecule has 0 bridgehead atoms. The smallest absolute Gasteiger partial charge is 0.241 e. The van der Waals surface area contributed by atoms with Gasteiger partial charge in [-0.1, -0.05) is 6.92 Å². The number of hydrogen-bond acceptors (Lipinski definition) is 4. The van der Waals surface area contributed by atoms with Crippen LogP contribution in [0.4, 0.5) is 11.4 Å². The molecule has 1 aliphatic heterocycles. The molecule has 0 unspecified atom stereocenters. The van der Waals surface area contributed by atoms with Gasteiger partial charge in [0.05, 0.1) is 6.04 Å². The van der Waals surface area contributed by atoms with Crippen LogP contribution in [0.5, 0.6) is 0 Å². The summed E-state index contributed by atoms with van der Waals surface area (Å²) in [6, 6.07) is 7.66. The number of nitrogens with two attached hydrogens (primary N) is 1. The minimum absolute atomic E-state index is 0.103. The first kappa shape index (κ1) is 17.2. The molecule has 0 radical (unpaired) electrons. The number of rotatable bonds is 6. The Morgan fingerprint density at radius 2 is 2.00 bits per heavy atom. The Balaban J connectivity index is 1.87. The van der Waals surface area contributed by atoms with Gasteiger partial charge in [0, 0.05) is 24.5 Å². The molecule has 1 amide bonds. The van der Waals surface area contributed by atoms with Crippen molar-refractivity contribution in [1.82, 2.24) is 0 Å². The van der Waals surface area contributed by atoms with E-state index in [-0.39, 0.29) is 5.91 Å². The number of carbonyl (C=O) groups is 1. The third-order valence-electron chi connectivity index (χ3n) is 4.25. The fourth-order valence-electron chi connectivity index (χ4n) is 2.63. The lowest BCUT2D eigenvalue weighted by Crippen LogP contribution is -2.36. The van der Waals surface area contributed by atoms with Crippen molar-refractivity contribution >= 4 is 29.0 Å². The van der Waals surface area contributed by atoms with Crippen molar-refractivity contribution in [1.29, 1.82) is 0 Å². The molecule has 2 rings (SSSR count). The maximum Gasteiger partial charge on any atom is 0.241 e. The quantitative estimate of drug-likeness (QED) is 0.846. The van der Waals surface area contributed by atoms with Gasteiger partial charge in [-0.05, 0) is 61.5 Å². The van der Waals surface area contributed by atoms with Gasteiger partial charge in [-0.3, -0.25) is 4.79 Å². The number of benzene rings is 1. The van der Waals surface area contributed by atoms with E-state index in [9.17, 15) is 4.79 Å². The highest BCUT2D eigenvalue weighted by Crippen LogP contribution is 2.24. The lowest BCUT2D eigenvalue weighted by atomic mass is 9.99. The molecule has 1 aromatic rings. The number of hydrogen-bond donors (Lipinski definition) is 2. The first-order valence-corrected chi connectivity index (χ1v) is 9.40. The van der Waals surface area contributed by atoms with Crippen molar-refractivity contribution in [3.05, 3.63) is 24.3 Å². The predicted molar refractivity (Wildman–Crippen MR) is 96.7 cm³/mol. The number of nitrogens with zero attached hydrogens (tertiary/aromatic N) is 1. The van der Waals surface area contributed by atoms with Crippen LogP contribution in [0.2, 0.25) is 0 Å². The minimum atomic E-state index is -0.435. The molecule has 1 fully saturated rings. The second-order valence-corrected chi connectivity index (χ2v) is 7.08. The van der Waals surface area contributed by atoms with Gasteiger partial charge in [-0.2, -0.15) is 11.8 Å². The minimum Gasteiger partial charge on any atom is -0.372 e. The Kier molecular flexibility index (Phi) is 6.58. The lowest BCUT2D eigenvalue weighted by Gasteiger charge is -2.32. The van der Waals surface area contributed by atoms with E-state index in [1.54, 1.807) is 11.8 Å². The Labute approximate surface area is 137 Å². The Bertz CT molecular complexity index is 469. The van der Waals surface area contributed by atoms with Gasteiger partial charge in [0.1, 0.15) is 0 Å². The van der Waals surface area contributed by atoms with Crippen LogP contribution in [0.3, 0.4) is 0 Å². The second kappa shape index (κ2) is 8.44. The summed E-state index contributed by atoms with van der Waals surface area (Å²) >= 11 is 1.71. The normalized spacial score (nSPS) is 17.3. The molecule has 1 aliphatic rings. The van der Waals surface area contributed by atoms with E-state index in [1.165, 1.54) is 18.5 Å². The van der Waals surface area contributed by atoms with E-state index in [4.69, 9.17) is 5.73 Å². The molecule has 0 aliphatic carbocycles. The summed E-state index contributed by atoms with van der Waals surface area (Å²) in [5.41, 5.74) is 7.93. The Hall–Kier alpha value is -1.20. The van der Waals surface area contributed by atoms with Crippen LogP contribution >= 0.6 is 11.8 Å². The van der Waals surface area contributed by atoms with E-state index in [0.717, 1.165) is 30.4 Å². The van der Waals surface area contributed by atoms with Crippen LogP contribution < -0.4 is 16.0 Å². The van der Waals surface area contributed by atoms with Gasteiger partial charge >= 0.3 is 0 Å². The van der Waals surface area contributed by atoms with Crippen molar-refractivity contribution < 1.29 is 4.79 Å². The van der Waals surface area contributed by atoms with Crippen molar-refractivity contribution in [2.24, 2.45) is 11.7 Å². The summed E-state index contributed by atoms with van der Waals surface area (Å²) in [5, 5.41) is 2.90. The Morgan fingerprint density at radius 1 is 1.36 bits per heavy atom. The van der Waals surface area contributed by atoms with Crippen LogP contribution in [-0.2, 0) is 4.79 Å². The number of nitrogens with one attached hydrogen (secondary N) is 1. The standard InChI is InChI=1S/C17H27N3OS/c1-13-7-10-20(11-8-13)15-5-3-14(4-6-15)19-17(21)16(18)9-12-22-2/h3-6,13,16H,7-12,18H2,1-2H3,(H,19,21)/t16-/m0/s1. The van der Waals surface area contributed by atoms with Crippen molar-refractivity contribution in [3.8, 4) is 0 Å². The molecule has 4 nitrogen and oxygen atoms in total. The summed E-state index contributed by atoms with van der Waals surface area (Å²) in [6.45, 7) is 4.55. The molecule has 1 saturated heterocycles. The van der Waals surface area contributed by atoms with Crippen LogP contribution in [-0.4, -0.2) is 37.0 Å². The molecule has 0 saturated carbocycles. The fourth-order valence-corrected chi connectivity index (χ4v) is 3.12. The van der Waals surface area contributed by atoms with Crippen LogP contribution in [0.15, 0.2) is 24.3 Å². The summed E-state index contributed by atoms with van der Waals surface area (Å²) in [5.74, 6) is 1.63. The maximum atomic E-state index is 12.0. The van der Waals surface area contributed by atoms with Crippen molar-refractivity contribution in [2.45, 2.75) is 32.2 Å². The summed E-state index contributed by atoms with van der Waals surface area (Å²) < 4.78 is 0. The third kappa shape index (κ3) is 4.92. The zero-order valence-electron chi connectivity index (χ0n) is 13.5. The van der Waals surface area contributed by atoms with Crippen LogP contribution in [0, 0.1) is 5.92 Å². The SMILES string of the molecule is CSCC[C@H](N)C(=O)Nc1ccc(N2CCC(C)CC2)cc1. The van der Waals surface area contributed by atoms with Gasteiger partial charge in [0.15, 0.2) is 0 Å². The van der Waals surface area contributed by atoms with Gasteiger partial charge in [-0.15, -0.1) is 0 Å². The molecular formula is C17H27N3OS. The molecule has 5 heteroatoms. The zero-order valence-corrected chi connectivity index (χ0v) is 14.4. The lowest BCUT2D eigenvalue weighted by molar-refractivity contribution is -0.117. The number of anilines is 2. The van der Waals surface area contributed by atoms with E-state index < -0.39 is 6.04 Å². The highest BCUT2D eigenvalue weighted by Gasteiger charge is 2.16. The maximum absolute atomic E-state index is 12.0. The van der Waals surface area contributed by atoms with Gasteiger partial charge < -0.3 is 16.0 Å². The number of thioether (sulfide) groups is 1. The molecule has 1 heterocycles. The molecule has 3 N–H and O–H groups in total. The Morgan fingerprint density at radius 3 is 2.59 bits per heavy atom. The molecule has 0 aromatic heterocycles. The molecule has 0 spiro atoms. The summed E-state index contributed by atoms with van der Waals surface area (Å²) in [6.07, 6.45) is 5.23. The van der Waals surface area contributed by atoms with Gasteiger partial charge in [-0.25, -0.2) is 0 Å². The monoisotopic (exact) mass is 321 g/mol. The molecule has 22 heavy (non-hydrogen) atoms. The first-order valence-electron chi connectivity index (χ1n) is 8.00. The van der Waals surface area contributed by atoms with Gasteiger partial charge in [0.25, 0.3) is 0 Å². The van der Waals surface area contributed by atoms with E-state index in [0.29, 0.717) is 6.42 Å². The molecular weight excluding hydrogens is 294 g/mol. The fraction of sp³-hybridized carbons (Fsp3) is 0.588. The topological polar surface area (TPSA) is 58.4 Å². The average molecular weight is 321 g/mol. The molecule has 1 aromatic carbocycles. The van der Waals surface area contributed by atoms with Crippen LogP contribution in [0.1, 0.15) is 26.2 Å². The molecule has 122 valence electrons. The zero-order chi connectivity index (χ0) is 15.9. The first-order chi connectivity index (χ1) is 10.6. The molecule has 1 atom stereocenters. The highest BCUT2D eigenvalue weighted by molar-refractivity contribution is 7.98. The van der Waals surface area contributed by atoms with Gasteiger partial charge in [0.2, 0.25) is 5.91 Å². The second-order valence-electron chi connectivity index (χ2n) is 6.09. The summed E-state index contributed by atoms with van der Waals surface area (Å²) in [7, 11) is 0. The van der Waals surface area contributed by atoms with Crippen molar-refractivity contribution in [2.75, 3.05) is 35.3 Å². The number of piperidine rings is 1. The van der Waals surface area contributed by atoms with E-state index >= 15 is 0 Å². The number of carbonyl (C=O) groups excluding carboxylic acids is 1. The van der Waals surface area contributed by atoms with E-state index in [1.807, 2.05) is 18.4 Å². The third-order valence-corrected chi connectivity index (χ3v) is 4.90. The highest BCUT2D eigenvalue weighted by atomic mass is 32.2. The predicted octanol–water partition coefficient (Wildman–Crippen LogP) is 2.94. The van der Waals surface area contributed by atoms with E-state index in [2.05, 4.69) is 29.3 Å². The summed E-state index contributed by atoms with van der Waals surface area (Å²) in [4.78, 5) is 14.4.